The number of methoxy groups -OCH3 is 1. The van der Waals surface area contributed by atoms with Crippen LogP contribution in [-0.2, 0) is 20.8 Å². The molecule has 1 fully saturated rings. The number of thiophene rings is 1. The van der Waals surface area contributed by atoms with Gasteiger partial charge in [-0.3, -0.25) is 23.7 Å². The molecule has 3 rings (SSSR count). The van der Waals surface area contributed by atoms with E-state index in [1.54, 1.807) is 38.7 Å². The summed E-state index contributed by atoms with van der Waals surface area (Å²) in [4.78, 5) is 44.1. The van der Waals surface area contributed by atoms with Crippen LogP contribution in [0.4, 0.5) is 0 Å². The second-order valence-corrected chi connectivity index (χ2v) is 9.90. The number of hydrogen-bond acceptors (Lipinski definition) is 7. The van der Waals surface area contributed by atoms with E-state index in [2.05, 4.69) is 4.99 Å². The fourth-order valence-corrected chi connectivity index (χ4v) is 5.16. The number of carbonyl (C=O) groups is 1. The standard InChI is InChI=1S/C22H31N3O5S/c1-14-16(12-23-13-17(26)30-22(2,3)4)31-20-18(14)19(27)25(15-8-6-7-9-15)21(28)24(20)10-11-29-5/h12,15H,6-11,13H2,1-5H3. The van der Waals surface area contributed by atoms with Gasteiger partial charge in [-0.2, -0.15) is 0 Å². The maximum absolute atomic E-state index is 13.3. The van der Waals surface area contributed by atoms with Crippen LogP contribution in [0.1, 0.15) is 62.9 Å². The van der Waals surface area contributed by atoms with E-state index in [1.807, 2.05) is 6.92 Å². The fourth-order valence-electron chi connectivity index (χ4n) is 3.95. The van der Waals surface area contributed by atoms with E-state index in [0.717, 1.165) is 36.1 Å². The number of rotatable bonds is 7. The Morgan fingerprint density at radius 2 is 1.94 bits per heavy atom. The Kier molecular flexibility index (Phi) is 7.16. The molecule has 2 aromatic rings. The Bertz CT molecular complexity index is 1100. The summed E-state index contributed by atoms with van der Waals surface area (Å²) in [6, 6.07) is -0.0539. The monoisotopic (exact) mass is 449 g/mol. The minimum Gasteiger partial charge on any atom is -0.459 e. The Morgan fingerprint density at radius 1 is 1.26 bits per heavy atom. The average Bonchev–Trinajstić information content (AvgIpc) is 3.29. The summed E-state index contributed by atoms with van der Waals surface area (Å²) in [6.45, 7) is 7.91. The lowest BCUT2D eigenvalue weighted by molar-refractivity contribution is -0.152. The van der Waals surface area contributed by atoms with Crippen LogP contribution in [0.5, 0.6) is 0 Å². The van der Waals surface area contributed by atoms with E-state index in [-0.39, 0.29) is 23.8 Å². The first-order valence-corrected chi connectivity index (χ1v) is 11.4. The number of fused-ring (bicyclic) bond motifs is 1. The first-order valence-electron chi connectivity index (χ1n) is 10.6. The molecule has 0 amide bonds. The second kappa shape index (κ2) is 9.48. The van der Waals surface area contributed by atoms with Crippen molar-refractivity contribution >= 4 is 33.7 Å². The predicted molar refractivity (Wildman–Crippen MR) is 123 cm³/mol. The van der Waals surface area contributed by atoms with Crippen molar-refractivity contribution in [2.45, 2.75) is 71.6 Å². The van der Waals surface area contributed by atoms with E-state index < -0.39 is 11.6 Å². The SMILES string of the molecule is COCCn1c(=O)n(C2CCCC2)c(=O)c2c(C)c(C=NCC(=O)OC(C)(C)C)sc21. The molecule has 2 aromatic heterocycles. The summed E-state index contributed by atoms with van der Waals surface area (Å²) in [7, 11) is 1.59. The van der Waals surface area contributed by atoms with Crippen LogP contribution in [0.3, 0.4) is 0 Å². The molecule has 0 saturated heterocycles. The average molecular weight is 450 g/mol. The molecular formula is C22H31N3O5S. The van der Waals surface area contributed by atoms with Gasteiger partial charge in [0.1, 0.15) is 17.0 Å². The van der Waals surface area contributed by atoms with Gasteiger partial charge in [-0.15, -0.1) is 11.3 Å². The molecule has 9 heteroatoms. The van der Waals surface area contributed by atoms with E-state index in [0.29, 0.717) is 23.4 Å². The number of ether oxygens (including phenoxy) is 2. The third-order valence-corrected chi connectivity index (χ3v) is 6.59. The summed E-state index contributed by atoms with van der Waals surface area (Å²) in [5.41, 5.74) is -0.306. The molecule has 1 aliphatic carbocycles. The van der Waals surface area contributed by atoms with Crippen LogP contribution in [0.15, 0.2) is 14.6 Å². The van der Waals surface area contributed by atoms with Gasteiger partial charge in [0.15, 0.2) is 0 Å². The van der Waals surface area contributed by atoms with Crippen molar-refractivity contribution in [2.24, 2.45) is 4.99 Å². The van der Waals surface area contributed by atoms with E-state index >= 15 is 0 Å². The van der Waals surface area contributed by atoms with Gasteiger partial charge >= 0.3 is 11.7 Å². The third kappa shape index (κ3) is 5.15. The number of aryl methyl sites for hydroxylation is 1. The maximum atomic E-state index is 13.3. The fraction of sp³-hybridized carbons (Fsp3) is 0.636. The molecule has 0 bridgehead atoms. The minimum atomic E-state index is -0.567. The lowest BCUT2D eigenvalue weighted by Crippen LogP contribution is -2.42. The van der Waals surface area contributed by atoms with Crippen LogP contribution in [0.25, 0.3) is 10.2 Å². The Morgan fingerprint density at radius 3 is 2.55 bits per heavy atom. The van der Waals surface area contributed by atoms with Gasteiger partial charge in [-0.1, -0.05) is 12.8 Å². The lowest BCUT2D eigenvalue weighted by atomic mass is 10.2. The Hall–Kier alpha value is -2.26. The van der Waals surface area contributed by atoms with Crippen molar-refractivity contribution in [3.05, 3.63) is 31.3 Å². The molecule has 8 nitrogen and oxygen atoms in total. The molecule has 0 unspecified atom stereocenters. The van der Waals surface area contributed by atoms with Crippen LogP contribution in [0.2, 0.25) is 0 Å². The number of aliphatic imine (C=N–C) groups is 1. The van der Waals surface area contributed by atoms with E-state index in [1.165, 1.54) is 15.9 Å². The van der Waals surface area contributed by atoms with Crippen molar-refractivity contribution in [1.29, 1.82) is 0 Å². The topological polar surface area (TPSA) is 91.9 Å². The van der Waals surface area contributed by atoms with Crippen molar-refractivity contribution in [3.8, 4) is 0 Å². The van der Waals surface area contributed by atoms with Gasteiger partial charge in [-0.25, -0.2) is 4.79 Å². The van der Waals surface area contributed by atoms with Crippen LogP contribution in [0, 0.1) is 6.92 Å². The van der Waals surface area contributed by atoms with Gasteiger partial charge in [0, 0.05) is 19.4 Å². The molecule has 1 saturated carbocycles. The molecule has 2 heterocycles. The zero-order chi connectivity index (χ0) is 22.8. The van der Waals surface area contributed by atoms with Gasteiger partial charge < -0.3 is 9.47 Å². The Balaban J connectivity index is 2.04. The zero-order valence-corrected chi connectivity index (χ0v) is 19.7. The van der Waals surface area contributed by atoms with Crippen LogP contribution < -0.4 is 11.2 Å². The van der Waals surface area contributed by atoms with Gasteiger partial charge in [0.05, 0.1) is 23.4 Å². The summed E-state index contributed by atoms with van der Waals surface area (Å²) in [5, 5.41) is 0.548. The summed E-state index contributed by atoms with van der Waals surface area (Å²) in [5.74, 6) is -0.414. The first kappa shape index (κ1) is 23.4. The number of aromatic nitrogens is 2. The molecule has 0 aromatic carbocycles. The molecule has 1 aliphatic rings. The van der Waals surface area contributed by atoms with Crippen molar-refractivity contribution in [1.82, 2.24) is 9.13 Å². The summed E-state index contributed by atoms with van der Waals surface area (Å²) < 4.78 is 13.5. The highest BCUT2D eigenvalue weighted by Gasteiger charge is 2.25. The highest BCUT2D eigenvalue weighted by Crippen LogP contribution is 2.30. The van der Waals surface area contributed by atoms with Gasteiger partial charge in [0.2, 0.25) is 0 Å². The summed E-state index contributed by atoms with van der Waals surface area (Å²) >= 11 is 1.34. The molecule has 0 aliphatic heterocycles. The highest BCUT2D eigenvalue weighted by molar-refractivity contribution is 7.20. The third-order valence-electron chi connectivity index (χ3n) is 5.34. The number of carbonyl (C=O) groups excluding carboxylic acids is 1. The smallest absolute Gasteiger partial charge is 0.332 e. The molecule has 0 N–H and O–H groups in total. The van der Waals surface area contributed by atoms with Gasteiger partial charge in [-0.05, 0) is 46.1 Å². The Labute approximate surface area is 185 Å². The summed E-state index contributed by atoms with van der Waals surface area (Å²) in [6.07, 6.45) is 5.33. The minimum absolute atomic E-state index is 0.0539. The normalized spacial score (nSPS) is 15.4. The lowest BCUT2D eigenvalue weighted by Gasteiger charge is -2.18. The molecule has 0 spiro atoms. The van der Waals surface area contributed by atoms with Crippen LogP contribution >= 0.6 is 11.3 Å². The molecule has 31 heavy (non-hydrogen) atoms. The number of nitrogens with zero attached hydrogens (tertiary/aromatic N) is 3. The van der Waals surface area contributed by atoms with Crippen molar-refractivity contribution in [3.63, 3.8) is 0 Å². The highest BCUT2D eigenvalue weighted by atomic mass is 32.1. The van der Waals surface area contributed by atoms with E-state index in [4.69, 9.17) is 9.47 Å². The molecule has 170 valence electrons. The first-order chi connectivity index (χ1) is 14.6. The predicted octanol–water partition coefficient (Wildman–Crippen LogP) is 3.06. The number of esters is 1. The quantitative estimate of drug-likeness (QED) is 0.479. The maximum Gasteiger partial charge on any atom is 0.332 e. The van der Waals surface area contributed by atoms with Gasteiger partial charge in [0.25, 0.3) is 5.56 Å². The van der Waals surface area contributed by atoms with Crippen molar-refractivity contribution < 1.29 is 14.3 Å². The second-order valence-electron chi connectivity index (χ2n) is 8.87. The van der Waals surface area contributed by atoms with E-state index in [9.17, 15) is 14.4 Å². The molecule has 0 radical (unpaired) electrons. The zero-order valence-electron chi connectivity index (χ0n) is 18.9. The van der Waals surface area contributed by atoms with Crippen molar-refractivity contribution in [2.75, 3.05) is 20.3 Å². The number of hydrogen-bond donors (Lipinski definition) is 0. The van der Waals surface area contributed by atoms with Crippen LogP contribution in [-0.4, -0.2) is 47.2 Å². The largest absolute Gasteiger partial charge is 0.459 e. The molecular weight excluding hydrogens is 418 g/mol. The molecule has 0 atom stereocenters.